The minimum absolute atomic E-state index is 0.0162. The molecule has 1 heterocycles. The molecule has 0 unspecified atom stereocenters. The minimum Gasteiger partial charge on any atom is -0.229 e. The number of hydrogen-bond donors (Lipinski definition) is 0. The Labute approximate surface area is 56.2 Å². The predicted octanol–water partition coefficient (Wildman–Crippen LogP) is 0.974. The van der Waals surface area contributed by atoms with Gasteiger partial charge in [-0.1, -0.05) is 6.92 Å². The van der Waals surface area contributed by atoms with Gasteiger partial charge in [0.1, 0.15) is 0 Å². The van der Waals surface area contributed by atoms with Crippen LogP contribution in [0.3, 0.4) is 0 Å². The zero-order chi connectivity index (χ0) is 6.91. The van der Waals surface area contributed by atoms with Crippen LogP contribution in [0, 0.1) is 0 Å². The maximum Gasteiger partial charge on any atom is 0.153 e. The quantitative estimate of drug-likeness (QED) is 0.555. The van der Waals surface area contributed by atoms with Crippen LogP contribution in [0.2, 0.25) is 0 Å². The van der Waals surface area contributed by atoms with Crippen molar-refractivity contribution in [2.45, 2.75) is 31.4 Å². The van der Waals surface area contributed by atoms with E-state index in [-0.39, 0.29) is 5.25 Å². The Morgan fingerprint density at radius 1 is 1.56 bits per heavy atom. The fourth-order valence-electron chi connectivity index (χ4n) is 1.32. The summed E-state index contributed by atoms with van der Waals surface area (Å²) in [4.78, 5) is 0. The molecule has 2 nitrogen and oxygen atoms in total. The maximum atomic E-state index is 11.0. The first-order chi connectivity index (χ1) is 4.17. The summed E-state index contributed by atoms with van der Waals surface area (Å²) in [6.45, 7) is 1.94. The second-order valence-corrected chi connectivity index (χ2v) is 4.94. The van der Waals surface area contributed by atoms with E-state index in [0.717, 1.165) is 19.3 Å². The van der Waals surface area contributed by atoms with Crippen molar-refractivity contribution < 1.29 is 8.42 Å². The fourth-order valence-corrected chi connectivity index (χ4v) is 3.25. The standard InChI is InChI=1S/C6H12O2S/c1-2-6-4-3-5-9(6,7)8/h6H,2-5H2,1H3/t6-/m0/s1. The molecule has 3 heteroatoms. The van der Waals surface area contributed by atoms with Crippen molar-refractivity contribution in [3.05, 3.63) is 0 Å². The van der Waals surface area contributed by atoms with Crippen LogP contribution < -0.4 is 0 Å². The highest BCUT2D eigenvalue weighted by atomic mass is 32.2. The average Bonchev–Trinajstić information content (AvgIpc) is 2.08. The first-order valence-corrected chi connectivity index (χ1v) is 5.10. The smallest absolute Gasteiger partial charge is 0.153 e. The Morgan fingerprint density at radius 3 is 2.44 bits per heavy atom. The molecule has 1 atom stereocenters. The Balaban J connectivity index is 2.75. The van der Waals surface area contributed by atoms with Crippen molar-refractivity contribution in [1.82, 2.24) is 0 Å². The van der Waals surface area contributed by atoms with Crippen LogP contribution in [0.5, 0.6) is 0 Å². The summed E-state index contributed by atoms with van der Waals surface area (Å²) in [5.74, 6) is 0.422. The second-order valence-electron chi connectivity index (χ2n) is 2.54. The van der Waals surface area contributed by atoms with Gasteiger partial charge in [-0.05, 0) is 19.3 Å². The van der Waals surface area contributed by atoms with E-state index in [1.54, 1.807) is 0 Å². The van der Waals surface area contributed by atoms with Gasteiger partial charge in [-0.15, -0.1) is 0 Å². The van der Waals surface area contributed by atoms with Gasteiger partial charge < -0.3 is 0 Å². The maximum absolute atomic E-state index is 11.0. The molecule has 1 rings (SSSR count). The lowest BCUT2D eigenvalue weighted by Gasteiger charge is -2.02. The Hall–Kier alpha value is -0.0500. The van der Waals surface area contributed by atoms with E-state index in [1.807, 2.05) is 6.92 Å². The monoisotopic (exact) mass is 148 g/mol. The third-order valence-electron chi connectivity index (χ3n) is 1.92. The lowest BCUT2D eigenvalue weighted by atomic mass is 10.2. The molecule has 54 valence electrons. The van der Waals surface area contributed by atoms with E-state index < -0.39 is 9.84 Å². The summed E-state index contributed by atoms with van der Waals surface area (Å²) < 4.78 is 22.0. The fraction of sp³-hybridized carbons (Fsp3) is 1.00. The summed E-state index contributed by atoms with van der Waals surface area (Å²) in [5.41, 5.74) is 0. The average molecular weight is 148 g/mol. The summed E-state index contributed by atoms with van der Waals surface area (Å²) in [5, 5.41) is -0.0162. The van der Waals surface area contributed by atoms with Gasteiger partial charge in [0.05, 0.1) is 11.0 Å². The molecule has 0 saturated carbocycles. The van der Waals surface area contributed by atoms with E-state index >= 15 is 0 Å². The van der Waals surface area contributed by atoms with Crippen molar-refractivity contribution in [3.63, 3.8) is 0 Å². The van der Waals surface area contributed by atoms with E-state index in [0.29, 0.717) is 5.75 Å². The van der Waals surface area contributed by atoms with E-state index in [2.05, 4.69) is 0 Å². The molecular weight excluding hydrogens is 136 g/mol. The van der Waals surface area contributed by atoms with Crippen molar-refractivity contribution in [2.24, 2.45) is 0 Å². The highest BCUT2D eigenvalue weighted by Crippen LogP contribution is 2.21. The number of rotatable bonds is 1. The topological polar surface area (TPSA) is 34.1 Å². The molecular formula is C6H12O2S. The summed E-state index contributed by atoms with van der Waals surface area (Å²) in [6, 6.07) is 0. The van der Waals surface area contributed by atoms with Crippen molar-refractivity contribution in [1.29, 1.82) is 0 Å². The molecule has 1 saturated heterocycles. The van der Waals surface area contributed by atoms with Crippen LogP contribution >= 0.6 is 0 Å². The highest BCUT2D eigenvalue weighted by Gasteiger charge is 2.28. The first-order valence-electron chi connectivity index (χ1n) is 3.38. The zero-order valence-corrected chi connectivity index (χ0v) is 6.45. The minimum atomic E-state index is -2.64. The molecule has 0 radical (unpaired) electrons. The summed E-state index contributed by atoms with van der Waals surface area (Å²) in [7, 11) is -2.64. The summed E-state index contributed by atoms with van der Waals surface area (Å²) in [6.07, 6.45) is 2.56. The second kappa shape index (κ2) is 2.29. The molecule has 0 amide bonds. The number of hydrogen-bond acceptors (Lipinski definition) is 2. The molecule has 0 aromatic heterocycles. The number of sulfone groups is 1. The van der Waals surface area contributed by atoms with Crippen LogP contribution in [0.1, 0.15) is 26.2 Å². The van der Waals surface area contributed by atoms with Crippen LogP contribution in [-0.2, 0) is 9.84 Å². The van der Waals surface area contributed by atoms with E-state index in [4.69, 9.17) is 0 Å². The molecule has 1 aliphatic rings. The molecule has 0 aliphatic carbocycles. The van der Waals surface area contributed by atoms with Gasteiger partial charge in [-0.3, -0.25) is 0 Å². The third-order valence-corrected chi connectivity index (χ3v) is 4.36. The van der Waals surface area contributed by atoms with Crippen LogP contribution in [0.15, 0.2) is 0 Å². The zero-order valence-electron chi connectivity index (χ0n) is 5.63. The molecule has 0 N–H and O–H groups in total. The van der Waals surface area contributed by atoms with Gasteiger partial charge in [-0.25, -0.2) is 8.42 Å². The first kappa shape index (κ1) is 7.06. The molecule has 9 heavy (non-hydrogen) atoms. The Bertz CT molecular complexity index is 181. The largest absolute Gasteiger partial charge is 0.229 e. The Kier molecular flexibility index (Phi) is 1.80. The lowest BCUT2D eigenvalue weighted by Crippen LogP contribution is -2.13. The van der Waals surface area contributed by atoms with Crippen LogP contribution in [-0.4, -0.2) is 19.4 Å². The Morgan fingerprint density at radius 2 is 2.22 bits per heavy atom. The van der Waals surface area contributed by atoms with E-state index in [1.165, 1.54) is 0 Å². The van der Waals surface area contributed by atoms with Crippen molar-refractivity contribution in [3.8, 4) is 0 Å². The van der Waals surface area contributed by atoms with Gasteiger partial charge in [0, 0.05) is 0 Å². The molecule has 0 spiro atoms. The summed E-state index contributed by atoms with van der Waals surface area (Å²) >= 11 is 0. The predicted molar refractivity (Wildman–Crippen MR) is 37.1 cm³/mol. The van der Waals surface area contributed by atoms with E-state index in [9.17, 15) is 8.42 Å². The van der Waals surface area contributed by atoms with Gasteiger partial charge >= 0.3 is 0 Å². The lowest BCUT2D eigenvalue weighted by molar-refractivity contribution is 0.586. The van der Waals surface area contributed by atoms with Gasteiger partial charge in [0.2, 0.25) is 0 Å². The highest BCUT2D eigenvalue weighted by molar-refractivity contribution is 7.92. The van der Waals surface area contributed by atoms with Crippen molar-refractivity contribution in [2.75, 3.05) is 5.75 Å². The normalized spacial score (nSPS) is 32.8. The van der Waals surface area contributed by atoms with Gasteiger partial charge in [-0.2, -0.15) is 0 Å². The van der Waals surface area contributed by atoms with Crippen molar-refractivity contribution >= 4 is 9.84 Å². The molecule has 0 aromatic carbocycles. The molecule has 0 bridgehead atoms. The molecule has 0 aromatic rings. The molecule has 1 aliphatic heterocycles. The molecule has 1 fully saturated rings. The van der Waals surface area contributed by atoms with Crippen LogP contribution in [0.4, 0.5) is 0 Å². The SMILES string of the molecule is CC[C@H]1CCCS1(=O)=O. The van der Waals surface area contributed by atoms with Gasteiger partial charge in [0.25, 0.3) is 0 Å². The third kappa shape index (κ3) is 1.26. The van der Waals surface area contributed by atoms with Gasteiger partial charge in [0.15, 0.2) is 9.84 Å². The van der Waals surface area contributed by atoms with Crippen LogP contribution in [0.25, 0.3) is 0 Å².